The van der Waals surface area contributed by atoms with E-state index in [1.54, 1.807) is 5.52 Å². The number of hydrogen-bond donors (Lipinski definition) is 0. The molecule has 0 unspecified atom stereocenters. The molecule has 0 aromatic rings. The Labute approximate surface area is 53.2 Å². The third-order valence-electron chi connectivity index (χ3n) is 0.679. The molecule has 0 amide bonds. The zero-order chi connectivity index (χ0) is 5.54. The van der Waals surface area contributed by atoms with Gasteiger partial charge < -0.3 is 4.74 Å². The van der Waals surface area contributed by atoms with Gasteiger partial charge in [0, 0.05) is 6.61 Å². The summed E-state index contributed by atoms with van der Waals surface area (Å²) in [6.07, 6.45) is 2.34. The quantitative estimate of drug-likeness (QED) is 0.582. The summed E-state index contributed by atoms with van der Waals surface area (Å²) in [7, 11) is 0. The predicted octanol–water partition coefficient (Wildman–Crippen LogP) is 2.32. The Hall–Kier alpha value is 0.440. The number of hydrogen-bond acceptors (Lipinski definition) is 1. The van der Waals surface area contributed by atoms with E-state index in [4.69, 9.17) is 4.74 Å². The molecule has 0 bridgehead atoms. The second-order valence-electron chi connectivity index (χ2n) is 1.31. The lowest BCUT2D eigenvalue weighted by Crippen LogP contribution is -1.84. The molecule has 0 atom stereocenters. The molecule has 0 aliphatic rings. The molecule has 0 N–H and O–H groups in total. The van der Waals surface area contributed by atoms with E-state index in [1.807, 2.05) is 0 Å². The summed E-state index contributed by atoms with van der Waals surface area (Å²) in [6, 6.07) is 0. The Kier molecular flexibility index (Phi) is 6.84. The van der Waals surface area contributed by atoms with E-state index in [2.05, 4.69) is 22.9 Å². The molecule has 2 heteroatoms. The standard InChI is InChI=1S/C5H10BrO/c1-2-3-4-7-5-6/h5H,2-4H2,1H3. The third kappa shape index (κ3) is 6.44. The van der Waals surface area contributed by atoms with Gasteiger partial charge in [0.25, 0.3) is 0 Å². The van der Waals surface area contributed by atoms with Crippen LogP contribution in [0.5, 0.6) is 0 Å². The predicted molar refractivity (Wildman–Crippen MR) is 34.1 cm³/mol. The van der Waals surface area contributed by atoms with Crippen LogP contribution in [0.25, 0.3) is 0 Å². The highest BCUT2D eigenvalue weighted by molar-refractivity contribution is 9.10. The van der Waals surface area contributed by atoms with Crippen LogP contribution in [-0.2, 0) is 4.74 Å². The third-order valence-corrected chi connectivity index (χ3v) is 0.943. The molecular formula is C5H10BrO. The first-order valence-electron chi connectivity index (χ1n) is 2.45. The minimum Gasteiger partial charge on any atom is -0.363 e. The molecule has 0 aliphatic carbocycles. The minimum absolute atomic E-state index is 0.835. The lowest BCUT2D eigenvalue weighted by atomic mass is 10.4. The van der Waals surface area contributed by atoms with Crippen LogP contribution in [0.15, 0.2) is 0 Å². The van der Waals surface area contributed by atoms with Gasteiger partial charge in [-0.25, -0.2) is 0 Å². The van der Waals surface area contributed by atoms with Crippen LogP contribution in [0.1, 0.15) is 19.8 Å². The Morgan fingerprint density at radius 2 is 2.43 bits per heavy atom. The maximum Gasteiger partial charge on any atom is 0.148 e. The number of unbranched alkanes of at least 4 members (excludes halogenated alkanes) is 1. The normalized spacial score (nSPS) is 9.43. The summed E-state index contributed by atoms with van der Waals surface area (Å²) in [5.74, 6) is 0. The minimum atomic E-state index is 0.835. The van der Waals surface area contributed by atoms with E-state index in [-0.39, 0.29) is 0 Å². The summed E-state index contributed by atoms with van der Waals surface area (Å²) in [5, 5.41) is 0. The Morgan fingerprint density at radius 1 is 1.71 bits per heavy atom. The molecule has 43 valence electrons. The Morgan fingerprint density at radius 3 is 2.86 bits per heavy atom. The van der Waals surface area contributed by atoms with E-state index in [0.717, 1.165) is 13.0 Å². The fourth-order valence-corrected chi connectivity index (χ4v) is 0.459. The molecule has 0 aliphatic heterocycles. The van der Waals surface area contributed by atoms with Crippen molar-refractivity contribution in [2.24, 2.45) is 0 Å². The van der Waals surface area contributed by atoms with Gasteiger partial charge in [-0.3, -0.25) is 0 Å². The first kappa shape index (κ1) is 7.44. The maximum absolute atomic E-state index is 4.87. The van der Waals surface area contributed by atoms with E-state index in [1.165, 1.54) is 6.42 Å². The van der Waals surface area contributed by atoms with Crippen molar-refractivity contribution in [3.8, 4) is 0 Å². The number of rotatable bonds is 4. The molecule has 0 saturated heterocycles. The van der Waals surface area contributed by atoms with Crippen LogP contribution in [0.2, 0.25) is 0 Å². The average molecular weight is 166 g/mol. The zero-order valence-corrected chi connectivity index (χ0v) is 6.07. The smallest absolute Gasteiger partial charge is 0.148 e. The molecule has 0 heterocycles. The molecule has 7 heavy (non-hydrogen) atoms. The largest absolute Gasteiger partial charge is 0.363 e. The first-order chi connectivity index (χ1) is 3.41. The van der Waals surface area contributed by atoms with Crippen molar-refractivity contribution >= 4 is 15.9 Å². The number of ether oxygens (including phenoxy) is 1. The Balaban J connectivity index is 2.45. The second-order valence-corrected chi connectivity index (χ2v) is 1.69. The lowest BCUT2D eigenvalue weighted by molar-refractivity contribution is 0.228. The van der Waals surface area contributed by atoms with E-state index < -0.39 is 0 Å². The molecular weight excluding hydrogens is 156 g/mol. The molecule has 0 aromatic heterocycles. The van der Waals surface area contributed by atoms with Gasteiger partial charge in [0.1, 0.15) is 5.52 Å². The first-order valence-corrected chi connectivity index (χ1v) is 3.37. The van der Waals surface area contributed by atoms with Crippen molar-refractivity contribution in [3.63, 3.8) is 0 Å². The van der Waals surface area contributed by atoms with E-state index in [0.29, 0.717) is 0 Å². The van der Waals surface area contributed by atoms with Crippen LogP contribution < -0.4 is 0 Å². The van der Waals surface area contributed by atoms with Gasteiger partial charge in [-0.2, -0.15) is 0 Å². The molecule has 1 nitrogen and oxygen atoms in total. The molecule has 0 saturated carbocycles. The highest BCUT2D eigenvalue weighted by Gasteiger charge is 1.80. The van der Waals surface area contributed by atoms with Crippen LogP contribution in [-0.4, -0.2) is 6.61 Å². The van der Waals surface area contributed by atoms with Crippen LogP contribution in [0.3, 0.4) is 0 Å². The van der Waals surface area contributed by atoms with Crippen LogP contribution >= 0.6 is 15.9 Å². The fourth-order valence-electron chi connectivity index (χ4n) is 0.272. The monoisotopic (exact) mass is 165 g/mol. The molecule has 0 fully saturated rings. The van der Waals surface area contributed by atoms with Crippen molar-refractivity contribution in [3.05, 3.63) is 5.52 Å². The average Bonchev–Trinajstić information content (AvgIpc) is 1.69. The van der Waals surface area contributed by atoms with Gasteiger partial charge >= 0.3 is 0 Å². The lowest BCUT2D eigenvalue weighted by Gasteiger charge is -1.92. The van der Waals surface area contributed by atoms with Gasteiger partial charge in [0.05, 0.1) is 0 Å². The van der Waals surface area contributed by atoms with Crippen molar-refractivity contribution in [2.45, 2.75) is 19.8 Å². The van der Waals surface area contributed by atoms with E-state index in [9.17, 15) is 0 Å². The molecule has 0 spiro atoms. The van der Waals surface area contributed by atoms with E-state index >= 15 is 0 Å². The van der Waals surface area contributed by atoms with Gasteiger partial charge in [-0.1, -0.05) is 29.3 Å². The summed E-state index contributed by atoms with van der Waals surface area (Å²) in [6.45, 7) is 2.97. The summed E-state index contributed by atoms with van der Waals surface area (Å²) in [4.78, 5) is 0. The SMILES string of the molecule is CCCCO[CH]Br. The molecule has 1 radical (unpaired) electrons. The topological polar surface area (TPSA) is 9.23 Å². The zero-order valence-electron chi connectivity index (χ0n) is 4.48. The van der Waals surface area contributed by atoms with Crippen molar-refractivity contribution in [2.75, 3.05) is 6.61 Å². The summed E-state index contributed by atoms with van der Waals surface area (Å²) >= 11 is 3.03. The van der Waals surface area contributed by atoms with Crippen LogP contribution in [0, 0.1) is 5.52 Å². The highest BCUT2D eigenvalue weighted by atomic mass is 79.9. The molecule has 0 aromatic carbocycles. The summed E-state index contributed by atoms with van der Waals surface area (Å²) < 4.78 is 4.87. The van der Waals surface area contributed by atoms with Gasteiger partial charge in [-0.15, -0.1) is 0 Å². The van der Waals surface area contributed by atoms with Gasteiger partial charge in [0.15, 0.2) is 0 Å². The van der Waals surface area contributed by atoms with Crippen molar-refractivity contribution in [1.82, 2.24) is 0 Å². The van der Waals surface area contributed by atoms with Crippen molar-refractivity contribution in [1.29, 1.82) is 0 Å². The highest BCUT2D eigenvalue weighted by Crippen LogP contribution is 1.93. The second kappa shape index (κ2) is 6.44. The fraction of sp³-hybridized carbons (Fsp3) is 0.800. The Bertz CT molecular complexity index is 27.3. The summed E-state index contributed by atoms with van der Waals surface area (Å²) in [5.41, 5.74) is 1.54. The number of halogens is 1. The van der Waals surface area contributed by atoms with Crippen molar-refractivity contribution < 1.29 is 4.74 Å². The van der Waals surface area contributed by atoms with Gasteiger partial charge in [0.2, 0.25) is 0 Å². The maximum atomic E-state index is 4.87. The van der Waals surface area contributed by atoms with Gasteiger partial charge in [-0.05, 0) is 6.42 Å². The van der Waals surface area contributed by atoms with Crippen LogP contribution in [0.4, 0.5) is 0 Å². The molecule has 0 rings (SSSR count).